The van der Waals surface area contributed by atoms with Crippen LogP contribution in [0, 0.1) is 0 Å². The van der Waals surface area contributed by atoms with Crippen LogP contribution in [0.1, 0.15) is 39.7 Å². The van der Waals surface area contributed by atoms with Gasteiger partial charge in [0.1, 0.15) is 18.3 Å². The zero-order valence-corrected chi connectivity index (χ0v) is 23.7. The van der Waals surface area contributed by atoms with Gasteiger partial charge in [-0.15, -0.1) is 0 Å². The fraction of sp³-hybridized carbons (Fsp3) is 0.440. The molecule has 1 atom stereocenters. The molecule has 0 heterocycles. The number of nitrogens with one attached hydrogen (secondary N) is 1. The van der Waals surface area contributed by atoms with E-state index in [1.165, 1.54) is 30.2 Å². The van der Waals surface area contributed by atoms with Gasteiger partial charge in [-0.2, -0.15) is 0 Å². The number of amides is 2. The van der Waals surface area contributed by atoms with E-state index in [0.717, 1.165) is 16.1 Å². The largest absolute Gasteiger partial charge is 0.497 e. The number of halogens is 2. The van der Waals surface area contributed by atoms with Gasteiger partial charge in [0.25, 0.3) is 0 Å². The van der Waals surface area contributed by atoms with Gasteiger partial charge < -0.3 is 15.0 Å². The van der Waals surface area contributed by atoms with E-state index in [0.29, 0.717) is 12.2 Å². The first kappa shape index (κ1) is 29.7. The minimum absolute atomic E-state index is 0.0625. The summed E-state index contributed by atoms with van der Waals surface area (Å²) in [6.07, 6.45) is 1.29. The highest BCUT2D eigenvalue weighted by molar-refractivity contribution is 7.92. The van der Waals surface area contributed by atoms with E-state index in [9.17, 15) is 18.0 Å². The molecule has 198 valence electrons. The molecule has 0 aliphatic rings. The highest BCUT2D eigenvalue weighted by Crippen LogP contribution is 2.31. The second-order valence-electron chi connectivity index (χ2n) is 9.40. The Morgan fingerprint density at radius 3 is 2.33 bits per heavy atom. The quantitative estimate of drug-likeness (QED) is 0.464. The first-order chi connectivity index (χ1) is 16.7. The molecular formula is C25H33Cl2N3O5S. The fourth-order valence-corrected chi connectivity index (χ4v) is 4.90. The molecule has 0 aliphatic carbocycles. The summed E-state index contributed by atoms with van der Waals surface area (Å²) in [4.78, 5) is 28.3. The minimum Gasteiger partial charge on any atom is -0.497 e. The van der Waals surface area contributed by atoms with E-state index in [2.05, 4.69) is 5.32 Å². The summed E-state index contributed by atoms with van der Waals surface area (Å²) >= 11 is 12.4. The smallest absolute Gasteiger partial charge is 0.244 e. The monoisotopic (exact) mass is 557 g/mol. The number of rotatable bonds is 10. The number of methoxy groups -OCH3 is 1. The van der Waals surface area contributed by atoms with Crippen molar-refractivity contribution in [3.63, 3.8) is 0 Å². The molecule has 0 bridgehead atoms. The summed E-state index contributed by atoms with van der Waals surface area (Å²) in [6, 6.07) is 10.6. The maximum Gasteiger partial charge on any atom is 0.244 e. The lowest BCUT2D eigenvalue weighted by Gasteiger charge is -2.34. The number of anilines is 1. The second-order valence-corrected chi connectivity index (χ2v) is 12.2. The van der Waals surface area contributed by atoms with Crippen molar-refractivity contribution < 1.29 is 22.7 Å². The molecule has 11 heteroatoms. The number of nitrogens with zero attached hydrogens (tertiary/aromatic N) is 2. The number of sulfonamides is 1. The average molecular weight is 559 g/mol. The SMILES string of the molecule is CC[C@@H](C(=O)NC(C)(C)C)N(Cc1cccc(OC)c1)C(=O)CN(c1cc(Cl)ccc1Cl)S(C)(=O)=O. The molecule has 0 saturated carbocycles. The first-order valence-corrected chi connectivity index (χ1v) is 13.9. The standard InChI is InChI=1S/C25H33Cl2N3O5S/c1-7-21(24(32)28-25(2,3)4)29(15-17-9-8-10-19(13-17)35-5)23(31)16-30(36(6,33)34)22-14-18(26)11-12-20(22)27/h8-14,21H,7,15-16H2,1-6H3,(H,28,32)/t21-/m0/s1. The molecule has 2 aromatic carbocycles. The van der Waals surface area contributed by atoms with Crippen molar-refractivity contribution in [3.8, 4) is 5.75 Å². The van der Waals surface area contributed by atoms with Gasteiger partial charge in [-0.3, -0.25) is 13.9 Å². The molecule has 2 rings (SSSR count). The lowest BCUT2D eigenvalue weighted by molar-refractivity contribution is -0.141. The number of benzene rings is 2. The molecule has 2 amide bonds. The summed E-state index contributed by atoms with van der Waals surface area (Å²) < 4.78 is 31.6. The van der Waals surface area contributed by atoms with Gasteiger partial charge >= 0.3 is 0 Å². The highest BCUT2D eigenvalue weighted by Gasteiger charge is 2.33. The van der Waals surface area contributed by atoms with Crippen molar-refractivity contribution in [2.45, 2.75) is 52.2 Å². The number of carbonyl (C=O) groups excluding carboxylic acids is 2. The molecule has 0 radical (unpaired) electrons. The van der Waals surface area contributed by atoms with Crippen LogP contribution in [0.4, 0.5) is 5.69 Å². The van der Waals surface area contributed by atoms with Crippen LogP contribution in [0.3, 0.4) is 0 Å². The van der Waals surface area contributed by atoms with Crippen LogP contribution < -0.4 is 14.4 Å². The molecule has 0 saturated heterocycles. The van der Waals surface area contributed by atoms with E-state index < -0.39 is 34.1 Å². The number of carbonyl (C=O) groups is 2. The third-order valence-corrected chi connectivity index (χ3v) is 6.91. The van der Waals surface area contributed by atoms with Gasteiger partial charge in [-0.1, -0.05) is 42.3 Å². The lowest BCUT2D eigenvalue weighted by atomic mass is 10.1. The van der Waals surface area contributed by atoms with Gasteiger partial charge in [0, 0.05) is 17.1 Å². The summed E-state index contributed by atoms with van der Waals surface area (Å²) in [5, 5.41) is 3.30. The van der Waals surface area contributed by atoms with Crippen LogP contribution in [0.15, 0.2) is 42.5 Å². The average Bonchev–Trinajstić information content (AvgIpc) is 2.77. The zero-order chi connectivity index (χ0) is 27.3. The van der Waals surface area contributed by atoms with Crippen LogP contribution in [0.25, 0.3) is 0 Å². The maximum absolute atomic E-state index is 13.7. The lowest BCUT2D eigenvalue weighted by Crippen LogP contribution is -2.55. The fourth-order valence-electron chi connectivity index (χ4n) is 3.61. The van der Waals surface area contributed by atoms with Gasteiger partial charge in [-0.05, 0) is 63.1 Å². The minimum atomic E-state index is -3.93. The Bertz CT molecular complexity index is 1200. The van der Waals surface area contributed by atoms with Crippen molar-refractivity contribution in [2.75, 3.05) is 24.2 Å². The topological polar surface area (TPSA) is 96.0 Å². The van der Waals surface area contributed by atoms with Gasteiger partial charge in [-0.25, -0.2) is 8.42 Å². The molecular weight excluding hydrogens is 525 g/mol. The number of ether oxygens (including phenoxy) is 1. The number of hydrogen-bond acceptors (Lipinski definition) is 5. The van der Waals surface area contributed by atoms with Crippen LogP contribution >= 0.6 is 23.2 Å². The molecule has 1 N–H and O–H groups in total. The predicted molar refractivity (Wildman–Crippen MR) is 144 cm³/mol. The molecule has 36 heavy (non-hydrogen) atoms. The van der Waals surface area contributed by atoms with Crippen LogP contribution in [-0.2, 0) is 26.2 Å². The Hall–Kier alpha value is -2.49. The Morgan fingerprint density at radius 2 is 1.78 bits per heavy atom. The number of hydrogen-bond donors (Lipinski definition) is 1. The van der Waals surface area contributed by atoms with Crippen LogP contribution in [0.5, 0.6) is 5.75 Å². The summed E-state index contributed by atoms with van der Waals surface area (Å²) in [6.45, 7) is 6.82. The van der Waals surface area contributed by atoms with Gasteiger partial charge in [0.15, 0.2) is 0 Å². The molecule has 0 aromatic heterocycles. The van der Waals surface area contributed by atoms with Crippen molar-refractivity contribution in [2.24, 2.45) is 0 Å². The third-order valence-electron chi connectivity index (χ3n) is 5.23. The van der Waals surface area contributed by atoms with E-state index in [-0.39, 0.29) is 28.2 Å². The molecule has 0 spiro atoms. The third kappa shape index (κ3) is 8.28. The van der Waals surface area contributed by atoms with E-state index >= 15 is 0 Å². The Balaban J connectivity index is 2.52. The van der Waals surface area contributed by atoms with E-state index in [1.54, 1.807) is 31.2 Å². The van der Waals surface area contributed by atoms with Crippen molar-refractivity contribution in [1.29, 1.82) is 0 Å². The Morgan fingerprint density at radius 1 is 1.11 bits per heavy atom. The van der Waals surface area contributed by atoms with Gasteiger partial charge in [0.2, 0.25) is 21.8 Å². The van der Waals surface area contributed by atoms with Crippen LogP contribution in [-0.4, -0.2) is 56.6 Å². The summed E-state index contributed by atoms with van der Waals surface area (Å²) in [5.41, 5.74) is 0.271. The molecule has 8 nitrogen and oxygen atoms in total. The normalized spacial score (nSPS) is 12.6. The van der Waals surface area contributed by atoms with E-state index in [1.807, 2.05) is 20.8 Å². The van der Waals surface area contributed by atoms with Crippen molar-refractivity contribution in [3.05, 3.63) is 58.1 Å². The van der Waals surface area contributed by atoms with Crippen LogP contribution in [0.2, 0.25) is 10.0 Å². The second kappa shape index (κ2) is 12.2. The molecule has 0 unspecified atom stereocenters. The zero-order valence-electron chi connectivity index (χ0n) is 21.3. The summed E-state index contributed by atoms with van der Waals surface area (Å²) in [5.74, 6) is -0.321. The van der Waals surface area contributed by atoms with Gasteiger partial charge in [0.05, 0.1) is 24.1 Å². The first-order valence-electron chi connectivity index (χ1n) is 11.3. The Kier molecular flexibility index (Phi) is 10.0. The molecule has 0 fully saturated rings. The van der Waals surface area contributed by atoms with Crippen molar-refractivity contribution in [1.82, 2.24) is 10.2 Å². The maximum atomic E-state index is 13.7. The predicted octanol–water partition coefficient (Wildman–Crippen LogP) is 4.49. The Labute approximate surface area is 223 Å². The highest BCUT2D eigenvalue weighted by atomic mass is 35.5. The summed E-state index contributed by atoms with van der Waals surface area (Å²) in [7, 11) is -2.39. The molecule has 0 aliphatic heterocycles. The van der Waals surface area contributed by atoms with Crippen molar-refractivity contribution >= 4 is 50.7 Å². The molecule has 2 aromatic rings. The van der Waals surface area contributed by atoms with E-state index in [4.69, 9.17) is 27.9 Å².